The number of fused-ring (bicyclic) bond motifs is 1. The van der Waals surface area contributed by atoms with E-state index in [0.29, 0.717) is 5.02 Å². The van der Waals surface area contributed by atoms with Crippen LogP contribution in [0.15, 0.2) is 102 Å². The smallest absolute Gasteiger partial charge is 0.181 e. The zero-order valence-corrected chi connectivity index (χ0v) is 20.2. The maximum Gasteiger partial charge on any atom is 0.181 e. The fraction of sp³-hybridized carbons (Fsp3) is 0.111. The van der Waals surface area contributed by atoms with Crippen molar-refractivity contribution >= 4 is 39.0 Å². The molecule has 33 heavy (non-hydrogen) atoms. The molecule has 0 saturated carbocycles. The van der Waals surface area contributed by atoms with Crippen molar-refractivity contribution in [3.8, 4) is 11.3 Å². The van der Waals surface area contributed by atoms with Crippen LogP contribution >= 0.6 is 27.5 Å². The number of hydrogen-bond acceptors (Lipinski definition) is 3. The van der Waals surface area contributed by atoms with Crippen molar-refractivity contribution in [3.63, 3.8) is 0 Å². The molecule has 5 aromatic rings. The number of nitrogens with one attached hydrogen (secondary N) is 1. The quantitative estimate of drug-likeness (QED) is 0.244. The van der Waals surface area contributed by atoms with Crippen LogP contribution in [0.1, 0.15) is 23.5 Å². The van der Waals surface area contributed by atoms with Gasteiger partial charge in [0.1, 0.15) is 4.60 Å². The minimum Gasteiger partial charge on any atom is -0.367 e. The van der Waals surface area contributed by atoms with E-state index in [9.17, 15) is 0 Å². The average molecular weight is 518 g/mol. The summed E-state index contributed by atoms with van der Waals surface area (Å²) in [6, 6.07) is 29.0. The lowest BCUT2D eigenvalue weighted by Gasteiger charge is -2.19. The summed E-state index contributed by atoms with van der Waals surface area (Å²) in [4.78, 5) is 9.44. The van der Waals surface area contributed by atoms with E-state index in [0.717, 1.165) is 40.3 Å². The molecule has 0 fully saturated rings. The third-order valence-electron chi connectivity index (χ3n) is 5.73. The fourth-order valence-corrected chi connectivity index (χ4v) is 4.71. The van der Waals surface area contributed by atoms with E-state index in [1.807, 2.05) is 34.9 Å². The SMILES string of the molecule is Clc1ccccc1-c1cn2c(Br)cnc2c(NCCC(c2ccccc2)c2ccccc2)n1. The second-order valence-corrected chi connectivity index (χ2v) is 9.04. The van der Waals surface area contributed by atoms with Gasteiger partial charge < -0.3 is 5.32 Å². The van der Waals surface area contributed by atoms with Crippen molar-refractivity contribution < 1.29 is 0 Å². The van der Waals surface area contributed by atoms with Crippen LogP contribution in [0.25, 0.3) is 16.9 Å². The first kappa shape index (κ1) is 21.7. The number of halogens is 2. The van der Waals surface area contributed by atoms with Gasteiger partial charge in [-0.15, -0.1) is 0 Å². The predicted octanol–water partition coefficient (Wildman–Crippen LogP) is 7.45. The molecule has 6 heteroatoms. The maximum absolute atomic E-state index is 6.46. The van der Waals surface area contributed by atoms with Gasteiger partial charge in [0.05, 0.1) is 16.9 Å². The standard InChI is InChI=1S/C27H22BrClN4/c28-25-17-31-27-26(32-24(18-33(25)27)22-13-7-8-14-23(22)29)30-16-15-21(19-9-3-1-4-10-19)20-11-5-2-6-12-20/h1-14,17-18,21H,15-16H2,(H,30,32). The first-order valence-electron chi connectivity index (χ1n) is 10.8. The minimum absolute atomic E-state index is 0.286. The van der Waals surface area contributed by atoms with Crippen LogP contribution in [0.2, 0.25) is 5.02 Å². The van der Waals surface area contributed by atoms with Gasteiger partial charge in [-0.05, 0) is 39.5 Å². The molecule has 2 heterocycles. The lowest BCUT2D eigenvalue weighted by Crippen LogP contribution is -2.11. The third kappa shape index (κ3) is 4.65. The zero-order chi connectivity index (χ0) is 22.6. The normalized spacial score (nSPS) is 11.2. The van der Waals surface area contributed by atoms with E-state index in [1.54, 1.807) is 6.20 Å². The molecule has 4 nitrogen and oxygen atoms in total. The summed E-state index contributed by atoms with van der Waals surface area (Å²) in [5, 5.41) is 4.21. The number of anilines is 1. The molecule has 0 aliphatic carbocycles. The van der Waals surface area contributed by atoms with Crippen LogP contribution in [0.3, 0.4) is 0 Å². The Labute approximate surface area is 206 Å². The van der Waals surface area contributed by atoms with Crippen LogP contribution in [0, 0.1) is 0 Å². The Hall–Kier alpha value is -3.15. The molecule has 3 aromatic carbocycles. The number of benzene rings is 3. The summed E-state index contributed by atoms with van der Waals surface area (Å²) >= 11 is 10.1. The van der Waals surface area contributed by atoms with Gasteiger partial charge in [0.2, 0.25) is 0 Å². The lowest BCUT2D eigenvalue weighted by molar-refractivity contribution is 0.743. The van der Waals surface area contributed by atoms with Crippen LogP contribution in [-0.2, 0) is 0 Å². The molecule has 0 unspecified atom stereocenters. The molecule has 5 rings (SSSR count). The number of nitrogens with zero attached hydrogens (tertiary/aromatic N) is 3. The van der Waals surface area contributed by atoms with E-state index in [4.69, 9.17) is 16.6 Å². The zero-order valence-electron chi connectivity index (χ0n) is 17.8. The number of aromatic nitrogens is 3. The van der Waals surface area contributed by atoms with E-state index in [1.165, 1.54) is 11.1 Å². The van der Waals surface area contributed by atoms with Gasteiger partial charge in [0.15, 0.2) is 11.5 Å². The second kappa shape index (κ2) is 9.77. The Balaban J connectivity index is 1.45. The Morgan fingerprint density at radius 2 is 1.52 bits per heavy atom. The summed E-state index contributed by atoms with van der Waals surface area (Å²) in [5.41, 5.74) is 5.05. The molecule has 0 aliphatic heterocycles. The Morgan fingerprint density at radius 1 is 0.879 bits per heavy atom. The van der Waals surface area contributed by atoms with Gasteiger partial charge in [-0.2, -0.15) is 0 Å². The van der Waals surface area contributed by atoms with Crippen molar-refractivity contribution in [3.05, 3.63) is 118 Å². The fourth-order valence-electron chi connectivity index (χ4n) is 4.11. The van der Waals surface area contributed by atoms with Gasteiger partial charge >= 0.3 is 0 Å². The van der Waals surface area contributed by atoms with Crippen molar-refractivity contribution in [2.24, 2.45) is 0 Å². The van der Waals surface area contributed by atoms with Gasteiger partial charge in [-0.1, -0.05) is 90.5 Å². The molecule has 0 radical (unpaired) electrons. The number of hydrogen-bond donors (Lipinski definition) is 1. The van der Waals surface area contributed by atoms with Gasteiger partial charge in [-0.3, -0.25) is 4.40 Å². The van der Waals surface area contributed by atoms with E-state index < -0.39 is 0 Å². The third-order valence-corrected chi connectivity index (χ3v) is 6.64. The van der Waals surface area contributed by atoms with Crippen LogP contribution < -0.4 is 5.32 Å². The van der Waals surface area contributed by atoms with Crippen molar-refractivity contribution in [2.45, 2.75) is 12.3 Å². The molecule has 0 saturated heterocycles. The molecule has 2 aromatic heterocycles. The summed E-state index contributed by atoms with van der Waals surface area (Å²) in [5.74, 6) is 1.02. The Kier molecular flexibility index (Phi) is 6.42. The van der Waals surface area contributed by atoms with Crippen LogP contribution in [0.5, 0.6) is 0 Å². The van der Waals surface area contributed by atoms with Gasteiger partial charge in [-0.25, -0.2) is 9.97 Å². The molecule has 0 amide bonds. The number of imidazole rings is 1. The first-order chi connectivity index (χ1) is 16.2. The number of rotatable bonds is 7. The first-order valence-corrected chi connectivity index (χ1v) is 12.0. The monoisotopic (exact) mass is 516 g/mol. The van der Waals surface area contributed by atoms with Gasteiger partial charge in [0.25, 0.3) is 0 Å². The largest absolute Gasteiger partial charge is 0.367 e. The van der Waals surface area contributed by atoms with Crippen molar-refractivity contribution in [1.82, 2.24) is 14.4 Å². The predicted molar refractivity (Wildman–Crippen MR) is 139 cm³/mol. The Bertz CT molecular complexity index is 1330. The van der Waals surface area contributed by atoms with Crippen LogP contribution in [-0.4, -0.2) is 20.9 Å². The average Bonchev–Trinajstić information content (AvgIpc) is 3.24. The van der Waals surface area contributed by atoms with Gasteiger partial charge in [0, 0.05) is 24.2 Å². The van der Waals surface area contributed by atoms with Crippen molar-refractivity contribution in [2.75, 3.05) is 11.9 Å². The van der Waals surface area contributed by atoms with Crippen molar-refractivity contribution in [1.29, 1.82) is 0 Å². The highest BCUT2D eigenvalue weighted by Gasteiger charge is 2.16. The molecule has 1 N–H and O–H groups in total. The molecule has 0 atom stereocenters. The molecule has 164 valence electrons. The summed E-state index contributed by atoms with van der Waals surface area (Å²) < 4.78 is 2.85. The molecule has 0 bridgehead atoms. The molecular formula is C27H22BrClN4. The Morgan fingerprint density at radius 3 is 2.18 bits per heavy atom. The second-order valence-electron chi connectivity index (χ2n) is 7.82. The topological polar surface area (TPSA) is 42.2 Å². The molecule has 0 aliphatic rings. The van der Waals surface area contributed by atoms with E-state index in [-0.39, 0.29) is 5.92 Å². The summed E-state index contributed by atoms with van der Waals surface area (Å²) in [6.45, 7) is 0.744. The summed E-state index contributed by atoms with van der Waals surface area (Å²) in [6.07, 6.45) is 4.66. The maximum atomic E-state index is 6.46. The molecular weight excluding hydrogens is 496 g/mol. The molecule has 0 spiro atoms. The highest BCUT2D eigenvalue weighted by atomic mass is 79.9. The van der Waals surface area contributed by atoms with Crippen LogP contribution in [0.4, 0.5) is 5.82 Å². The van der Waals surface area contributed by atoms with E-state index >= 15 is 0 Å². The minimum atomic E-state index is 0.286. The highest BCUT2D eigenvalue weighted by Crippen LogP contribution is 2.31. The summed E-state index contributed by atoms with van der Waals surface area (Å²) in [7, 11) is 0. The highest BCUT2D eigenvalue weighted by molar-refractivity contribution is 9.10. The van der Waals surface area contributed by atoms with E-state index in [2.05, 4.69) is 86.9 Å². The lowest BCUT2D eigenvalue weighted by atomic mass is 9.88.